The van der Waals surface area contributed by atoms with Gasteiger partial charge in [-0.3, -0.25) is 9.36 Å². The van der Waals surface area contributed by atoms with E-state index in [0.29, 0.717) is 6.42 Å². The molecule has 0 N–H and O–H groups in total. The third-order valence-corrected chi connectivity index (χ3v) is 7.32. The van der Waals surface area contributed by atoms with Gasteiger partial charge in [0.2, 0.25) is 5.91 Å². The second-order valence-corrected chi connectivity index (χ2v) is 9.79. The van der Waals surface area contributed by atoms with Crippen LogP contribution in [0.25, 0.3) is 5.69 Å². The molecule has 5 nitrogen and oxygen atoms in total. The summed E-state index contributed by atoms with van der Waals surface area (Å²) >= 11 is 3.18. The zero-order valence-electron chi connectivity index (χ0n) is 17.1. The Hall–Kier alpha value is -2.90. The van der Waals surface area contributed by atoms with E-state index in [9.17, 15) is 4.79 Å². The molecule has 5 rings (SSSR count). The number of fused-ring (bicyclic) bond motifs is 1. The van der Waals surface area contributed by atoms with Crippen molar-refractivity contribution in [2.75, 3.05) is 11.4 Å². The Morgan fingerprint density at radius 2 is 1.87 bits per heavy atom. The van der Waals surface area contributed by atoms with Gasteiger partial charge in [0.05, 0.1) is 5.25 Å². The highest BCUT2D eigenvalue weighted by molar-refractivity contribution is 8.00. The van der Waals surface area contributed by atoms with Crippen molar-refractivity contribution in [2.24, 2.45) is 0 Å². The molecule has 1 unspecified atom stereocenters. The van der Waals surface area contributed by atoms with Gasteiger partial charge >= 0.3 is 0 Å². The van der Waals surface area contributed by atoms with Crippen molar-refractivity contribution in [2.45, 2.75) is 30.2 Å². The van der Waals surface area contributed by atoms with Gasteiger partial charge in [-0.2, -0.15) is 0 Å². The van der Waals surface area contributed by atoms with Crippen molar-refractivity contribution < 1.29 is 4.79 Å². The van der Waals surface area contributed by atoms with E-state index in [4.69, 9.17) is 0 Å². The van der Waals surface area contributed by atoms with Crippen LogP contribution in [0.5, 0.6) is 0 Å². The van der Waals surface area contributed by atoms with Gasteiger partial charge in [-0.1, -0.05) is 54.2 Å². The van der Waals surface area contributed by atoms with Crippen LogP contribution in [0.1, 0.15) is 23.2 Å². The number of amides is 1. The fraction of sp³-hybridized carbons (Fsp3) is 0.208. The van der Waals surface area contributed by atoms with Gasteiger partial charge in [0.25, 0.3) is 0 Å². The number of para-hydroxylation sites is 2. The van der Waals surface area contributed by atoms with E-state index in [2.05, 4.69) is 44.4 Å². The molecule has 0 saturated heterocycles. The molecular formula is C24H22N4OS2. The van der Waals surface area contributed by atoms with Gasteiger partial charge in [0.1, 0.15) is 5.82 Å². The Morgan fingerprint density at radius 1 is 1.06 bits per heavy atom. The zero-order chi connectivity index (χ0) is 21.2. The first-order valence-corrected chi connectivity index (χ1v) is 12.0. The standard InChI is InChI=1S/C24H22N4OS2/c1-17(23(29)27-14-13-18-8-5-6-12-21(18)27)31-24-26-25-22(16-20-11-7-15-30-20)28(24)19-9-3-2-4-10-19/h2-12,15,17H,13-14,16H2,1H3. The molecule has 2 aromatic carbocycles. The molecule has 0 aliphatic carbocycles. The van der Waals surface area contributed by atoms with E-state index in [1.54, 1.807) is 11.3 Å². The first kappa shape index (κ1) is 20.0. The molecule has 156 valence electrons. The fourth-order valence-corrected chi connectivity index (χ4v) is 5.54. The molecule has 1 aliphatic rings. The summed E-state index contributed by atoms with van der Waals surface area (Å²) in [5.74, 6) is 0.986. The molecule has 1 amide bonds. The topological polar surface area (TPSA) is 51.0 Å². The largest absolute Gasteiger partial charge is 0.311 e. The highest BCUT2D eigenvalue weighted by atomic mass is 32.2. The maximum Gasteiger partial charge on any atom is 0.240 e. The van der Waals surface area contributed by atoms with Crippen molar-refractivity contribution in [3.05, 3.63) is 88.4 Å². The van der Waals surface area contributed by atoms with Crippen LogP contribution in [0.2, 0.25) is 0 Å². The van der Waals surface area contributed by atoms with Gasteiger partial charge in [0.15, 0.2) is 5.16 Å². The maximum atomic E-state index is 13.3. The smallest absolute Gasteiger partial charge is 0.240 e. The number of carbonyl (C=O) groups is 1. The first-order chi connectivity index (χ1) is 15.2. The summed E-state index contributed by atoms with van der Waals surface area (Å²) in [5, 5.41) is 11.5. The Labute approximate surface area is 189 Å². The predicted octanol–water partition coefficient (Wildman–Crippen LogP) is 4.99. The van der Waals surface area contributed by atoms with Crippen molar-refractivity contribution in [1.82, 2.24) is 14.8 Å². The number of thioether (sulfide) groups is 1. The fourth-order valence-electron chi connectivity index (χ4n) is 3.89. The number of aromatic nitrogens is 3. The summed E-state index contributed by atoms with van der Waals surface area (Å²) in [5.41, 5.74) is 3.27. The van der Waals surface area contributed by atoms with E-state index in [0.717, 1.165) is 35.3 Å². The average molecular weight is 447 g/mol. The summed E-state index contributed by atoms with van der Waals surface area (Å²) in [7, 11) is 0. The molecule has 0 radical (unpaired) electrons. The number of nitrogens with zero attached hydrogens (tertiary/aromatic N) is 4. The van der Waals surface area contributed by atoms with Crippen molar-refractivity contribution in [3.63, 3.8) is 0 Å². The molecule has 0 fully saturated rings. The number of benzene rings is 2. The van der Waals surface area contributed by atoms with Gasteiger partial charge < -0.3 is 4.90 Å². The summed E-state index contributed by atoms with van der Waals surface area (Å²) in [4.78, 5) is 16.4. The Bertz CT molecular complexity index is 1190. The van der Waals surface area contributed by atoms with Crippen LogP contribution in [0.15, 0.2) is 77.3 Å². The summed E-state index contributed by atoms with van der Waals surface area (Å²) in [6, 6.07) is 22.4. The molecule has 7 heteroatoms. The van der Waals surface area contributed by atoms with Crippen molar-refractivity contribution >= 4 is 34.7 Å². The minimum atomic E-state index is -0.271. The van der Waals surface area contributed by atoms with E-state index in [1.807, 2.05) is 54.3 Å². The van der Waals surface area contributed by atoms with E-state index < -0.39 is 0 Å². The lowest BCUT2D eigenvalue weighted by Gasteiger charge is -2.21. The molecule has 3 heterocycles. The lowest BCUT2D eigenvalue weighted by molar-refractivity contribution is -0.117. The molecule has 4 aromatic rings. The molecule has 31 heavy (non-hydrogen) atoms. The highest BCUT2D eigenvalue weighted by Crippen LogP contribution is 2.32. The number of anilines is 1. The van der Waals surface area contributed by atoms with Crippen LogP contribution < -0.4 is 4.90 Å². The third kappa shape index (κ3) is 4.03. The van der Waals surface area contributed by atoms with E-state index in [-0.39, 0.29) is 11.2 Å². The van der Waals surface area contributed by atoms with Crippen LogP contribution >= 0.6 is 23.1 Å². The normalized spacial score (nSPS) is 13.9. The van der Waals surface area contributed by atoms with E-state index >= 15 is 0 Å². The molecular weight excluding hydrogens is 424 g/mol. The zero-order valence-corrected chi connectivity index (χ0v) is 18.8. The second kappa shape index (κ2) is 8.69. The number of carbonyl (C=O) groups excluding carboxylic acids is 1. The van der Waals surface area contributed by atoms with E-state index in [1.165, 1.54) is 22.2 Å². The van der Waals surface area contributed by atoms with Gasteiger partial charge in [-0.15, -0.1) is 21.5 Å². The molecule has 0 spiro atoms. The minimum Gasteiger partial charge on any atom is -0.311 e. The molecule has 1 atom stereocenters. The number of rotatable bonds is 6. The summed E-state index contributed by atoms with van der Waals surface area (Å²) in [6.07, 6.45) is 1.62. The van der Waals surface area contributed by atoms with Gasteiger partial charge in [0, 0.05) is 29.2 Å². The van der Waals surface area contributed by atoms with Gasteiger partial charge in [-0.25, -0.2) is 0 Å². The second-order valence-electron chi connectivity index (χ2n) is 7.45. The highest BCUT2D eigenvalue weighted by Gasteiger charge is 2.29. The quantitative estimate of drug-likeness (QED) is 0.392. The van der Waals surface area contributed by atoms with Crippen LogP contribution in [-0.2, 0) is 17.6 Å². The van der Waals surface area contributed by atoms with Crippen LogP contribution in [0.4, 0.5) is 5.69 Å². The number of hydrogen-bond acceptors (Lipinski definition) is 5. The summed E-state index contributed by atoms with van der Waals surface area (Å²) < 4.78 is 2.08. The Kier molecular flexibility index (Phi) is 5.61. The molecule has 2 aromatic heterocycles. The number of thiophene rings is 1. The minimum absolute atomic E-state index is 0.109. The Balaban J connectivity index is 1.42. The van der Waals surface area contributed by atoms with Crippen LogP contribution in [-0.4, -0.2) is 32.5 Å². The van der Waals surface area contributed by atoms with Crippen molar-refractivity contribution in [1.29, 1.82) is 0 Å². The van der Waals surface area contributed by atoms with Crippen LogP contribution in [0.3, 0.4) is 0 Å². The maximum absolute atomic E-state index is 13.3. The first-order valence-electron chi connectivity index (χ1n) is 10.3. The Morgan fingerprint density at radius 3 is 2.68 bits per heavy atom. The number of hydrogen-bond donors (Lipinski definition) is 0. The van der Waals surface area contributed by atoms with Crippen LogP contribution in [0, 0.1) is 0 Å². The SMILES string of the molecule is CC(Sc1nnc(Cc2cccs2)n1-c1ccccc1)C(=O)N1CCc2ccccc21. The monoisotopic (exact) mass is 446 g/mol. The van der Waals surface area contributed by atoms with Crippen molar-refractivity contribution in [3.8, 4) is 5.69 Å². The summed E-state index contributed by atoms with van der Waals surface area (Å²) in [6.45, 7) is 2.69. The third-order valence-electron chi connectivity index (χ3n) is 5.41. The predicted molar refractivity (Wildman–Crippen MR) is 126 cm³/mol. The lowest BCUT2D eigenvalue weighted by Crippen LogP contribution is -2.35. The molecule has 1 aliphatic heterocycles. The molecule has 0 saturated carbocycles. The average Bonchev–Trinajstić information content (AvgIpc) is 3.54. The molecule has 0 bridgehead atoms. The lowest BCUT2D eigenvalue weighted by atomic mass is 10.2. The van der Waals surface area contributed by atoms with Gasteiger partial charge in [-0.05, 0) is 48.6 Å².